The molecule has 2 aromatic carbocycles. The van der Waals surface area contributed by atoms with Gasteiger partial charge in [0.25, 0.3) is 0 Å². The Morgan fingerprint density at radius 2 is 1.91 bits per heavy atom. The molecule has 0 fully saturated rings. The molecule has 0 amide bonds. The largest absolute Gasteiger partial charge is 0.475 e. The van der Waals surface area contributed by atoms with E-state index in [2.05, 4.69) is 5.32 Å². The van der Waals surface area contributed by atoms with Gasteiger partial charge in [0, 0.05) is 17.6 Å². The van der Waals surface area contributed by atoms with Crippen molar-refractivity contribution >= 4 is 45.8 Å². The second-order valence-corrected chi connectivity index (χ2v) is 5.58. The monoisotopic (exact) mass is 335 g/mol. The fourth-order valence-corrected chi connectivity index (χ4v) is 2.42. The van der Waals surface area contributed by atoms with E-state index < -0.39 is 5.97 Å². The van der Waals surface area contributed by atoms with Crippen LogP contribution in [0.2, 0.25) is 10.0 Å². The van der Waals surface area contributed by atoms with Crippen LogP contribution in [0.3, 0.4) is 0 Å². The Balaban J connectivity index is 1.78. The summed E-state index contributed by atoms with van der Waals surface area (Å²) in [5.41, 5.74) is 2.40. The van der Waals surface area contributed by atoms with Gasteiger partial charge in [-0.3, -0.25) is 0 Å². The number of carboxylic acids is 1. The van der Waals surface area contributed by atoms with E-state index in [1.54, 1.807) is 18.2 Å². The van der Waals surface area contributed by atoms with E-state index in [1.807, 2.05) is 18.2 Å². The van der Waals surface area contributed by atoms with Crippen molar-refractivity contribution < 1.29 is 14.3 Å². The highest BCUT2D eigenvalue weighted by molar-refractivity contribution is 6.42. The maximum absolute atomic E-state index is 10.9. The summed E-state index contributed by atoms with van der Waals surface area (Å²) in [5, 5.41) is 13.9. The Labute approximate surface area is 136 Å². The number of fused-ring (bicyclic) bond motifs is 1. The third kappa shape index (κ3) is 3.03. The highest BCUT2D eigenvalue weighted by Gasteiger charge is 2.10. The zero-order valence-corrected chi connectivity index (χ0v) is 12.8. The summed E-state index contributed by atoms with van der Waals surface area (Å²) in [5.74, 6) is -1.14. The van der Waals surface area contributed by atoms with E-state index in [-0.39, 0.29) is 5.76 Å². The second-order valence-electron chi connectivity index (χ2n) is 4.77. The molecule has 0 saturated heterocycles. The van der Waals surface area contributed by atoms with Crippen LogP contribution in [0.15, 0.2) is 46.9 Å². The van der Waals surface area contributed by atoms with Crippen molar-refractivity contribution in [1.82, 2.24) is 0 Å². The Morgan fingerprint density at radius 1 is 1.09 bits per heavy atom. The molecule has 0 spiro atoms. The molecular weight excluding hydrogens is 325 g/mol. The van der Waals surface area contributed by atoms with Gasteiger partial charge in [0.1, 0.15) is 5.58 Å². The van der Waals surface area contributed by atoms with Crippen LogP contribution in [-0.4, -0.2) is 11.1 Å². The third-order valence-corrected chi connectivity index (χ3v) is 3.95. The number of aromatic carboxylic acids is 1. The van der Waals surface area contributed by atoms with Gasteiger partial charge in [-0.1, -0.05) is 29.3 Å². The lowest BCUT2D eigenvalue weighted by Crippen LogP contribution is -1.98. The summed E-state index contributed by atoms with van der Waals surface area (Å²) in [6.45, 7) is 0.571. The molecular formula is C16H11Cl2NO3. The predicted molar refractivity (Wildman–Crippen MR) is 87.0 cm³/mol. The highest BCUT2D eigenvalue weighted by atomic mass is 35.5. The number of benzene rings is 2. The maximum atomic E-state index is 10.9. The minimum atomic E-state index is -1.08. The lowest BCUT2D eigenvalue weighted by Gasteiger charge is -2.07. The van der Waals surface area contributed by atoms with Crippen molar-refractivity contribution in [3.63, 3.8) is 0 Å². The standard InChI is InChI=1S/C16H11Cl2NO3/c17-12-3-2-11(7-13(12)18)19-8-9-1-4-14-10(5-9)6-15(22-14)16(20)21/h1-7,19H,8H2,(H,20,21). The van der Waals surface area contributed by atoms with Gasteiger partial charge in [-0.2, -0.15) is 0 Å². The number of nitrogens with one attached hydrogen (secondary N) is 1. The third-order valence-electron chi connectivity index (χ3n) is 3.21. The van der Waals surface area contributed by atoms with E-state index in [0.29, 0.717) is 22.2 Å². The summed E-state index contributed by atoms with van der Waals surface area (Å²) >= 11 is 11.8. The van der Waals surface area contributed by atoms with Crippen LogP contribution in [0.1, 0.15) is 16.1 Å². The average Bonchev–Trinajstić information content (AvgIpc) is 2.92. The molecule has 0 aliphatic carbocycles. The van der Waals surface area contributed by atoms with Crippen molar-refractivity contribution in [2.75, 3.05) is 5.32 Å². The summed E-state index contributed by atoms with van der Waals surface area (Å²) in [7, 11) is 0. The Morgan fingerprint density at radius 3 is 2.64 bits per heavy atom. The van der Waals surface area contributed by atoms with Crippen LogP contribution in [-0.2, 0) is 6.54 Å². The zero-order valence-electron chi connectivity index (χ0n) is 11.3. The van der Waals surface area contributed by atoms with Gasteiger partial charge in [-0.05, 0) is 42.0 Å². The Bertz CT molecular complexity index is 858. The van der Waals surface area contributed by atoms with Gasteiger partial charge in [-0.15, -0.1) is 0 Å². The molecule has 6 heteroatoms. The number of hydrogen-bond acceptors (Lipinski definition) is 3. The molecule has 1 aromatic heterocycles. The van der Waals surface area contributed by atoms with Crippen LogP contribution >= 0.6 is 23.2 Å². The van der Waals surface area contributed by atoms with Crippen LogP contribution in [0, 0.1) is 0 Å². The van der Waals surface area contributed by atoms with Crippen LogP contribution < -0.4 is 5.32 Å². The van der Waals surface area contributed by atoms with E-state index in [9.17, 15) is 4.79 Å². The molecule has 0 aliphatic heterocycles. The summed E-state index contributed by atoms with van der Waals surface area (Å²) in [4.78, 5) is 10.9. The van der Waals surface area contributed by atoms with Crippen LogP contribution in [0.5, 0.6) is 0 Å². The van der Waals surface area contributed by atoms with Gasteiger partial charge in [0.15, 0.2) is 0 Å². The van der Waals surface area contributed by atoms with Crippen LogP contribution in [0.4, 0.5) is 5.69 Å². The molecule has 0 unspecified atom stereocenters. The van der Waals surface area contributed by atoms with E-state index in [4.69, 9.17) is 32.7 Å². The molecule has 3 rings (SSSR count). The number of anilines is 1. The molecule has 0 atom stereocenters. The Kier molecular flexibility index (Phi) is 3.96. The van der Waals surface area contributed by atoms with Gasteiger partial charge < -0.3 is 14.8 Å². The van der Waals surface area contributed by atoms with Gasteiger partial charge in [0.2, 0.25) is 5.76 Å². The minimum Gasteiger partial charge on any atom is -0.475 e. The molecule has 1 heterocycles. The number of carbonyl (C=O) groups is 1. The zero-order chi connectivity index (χ0) is 15.7. The number of carboxylic acid groups (broad SMARTS) is 1. The molecule has 4 nitrogen and oxygen atoms in total. The van der Waals surface area contributed by atoms with Crippen molar-refractivity contribution in [3.05, 3.63) is 63.8 Å². The number of rotatable bonds is 4. The van der Waals surface area contributed by atoms with E-state index in [0.717, 1.165) is 16.6 Å². The van der Waals surface area contributed by atoms with Gasteiger partial charge in [0.05, 0.1) is 10.0 Å². The molecule has 3 aromatic rings. The van der Waals surface area contributed by atoms with Gasteiger partial charge >= 0.3 is 5.97 Å². The topological polar surface area (TPSA) is 62.5 Å². The van der Waals surface area contributed by atoms with Crippen LogP contribution in [0.25, 0.3) is 11.0 Å². The molecule has 0 bridgehead atoms. The van der Waals surface area contributed by atoms with Crippen molar-refractivity contribution in [2.24, 2.45) is 0 Å². The molecule has 2 N–H and O–H groups in total. The number of furan rings is 1. The molecule has 112 valence electrons. The van der Waals surface area contributed by atoms with E-state index >= 15 is 0 Å². The Hall–Kier alpha value is -2.17. The predicted octanol–water partition coefficient (Wildman–Crippen LogP) is 5.05. The first-order valence-electron chi connectivity index (χ1n) is 6.47. The molecule has 0 saturated carbocycles. The second kappa shape index (κ2) is 5.91. The van der Waals surface area contributed by atoms with Crippen molar-refractivity contribution in [1.29, 1.82) is 0 Å². The SMILES string of the molecule is O=C(O)c1cc2cc(CNc3ccc(Cl)c(Cl)c3)ccc2o1. The number of hydrogen-bond donors (Lipinski definition) is 2. The average molecular weight is 336 g/mol. The fourth-order valence-electron chi connectivity index (χ4n) is 2.12. The fraction of sp³-hybridized carbons (Fsp3) is 0.0625. The first kappa shape index (κ1) is 14.8. The summed E-state index contributed by atoms with van der Waals surface area (Å²) in [6, 6.07) is 12.4. The highest BCUT2D eigenvalue weighted by Crippen LogP contribution is 2.26. The molecule has 22 heavy (non-hydrogen) atoms. The smallest absolute Gasteiger partial charge is 0.371 e. The summed E-state index contributed by atoms with van der Waals surface area (Å²) < 4.78 is 5.22. The molecule has 0 radical (unpaired) electrons. The lowest BCUT2D eigenvalue weighted by molar-refractivity contribution is 0.0665. The normalized spacial score (nSPS) is 10.8. The van der Waals surface area contributed by atoms with E-state index in [1.165, 1.54) is 6.07 Å². The summed E-state index contributed by atoms with van der Waals surface area (Å²) in [6.07, 6.45) is 0. The number of halogens is 2. The van der Waals surface area contributed by atoms with Gasteiger partial charge in [-0.25, -0.2) is 4.79 Å². The minimum absolute atomic E-state index is 0.0652. The quantitative estimate of drug-likeness (QED) is 0.700. The molecule has 0 aliphatic rings. The first-order valence-corrected chi connectivity index (χ1v) is 7.23. The first-order chi connectivity index (χ1) is 10.5. The van der Waals surface area contributed by atoms with Crippen molar-refractivity contribution in [3.8, 4) is 0 Å². The maximum Gasteiger partial charge on any atom is 0.371 e. The lowest BCUT2D eigenvalue weighted by atomic mass is 10.1. The van der Waals surface area contributed by atoms with Crippen molar-refractivity contribution in [2.45, 2.75) is 6.54 Å².